The minimum Gasteiger partial charge on any atom is -0.369 e. The summed E-state index contributed by atoms with van der Waals surface area (Å²) >= 11 is 11.9. The van der Waals surface area contributed by atoms with Crippen molar-refractivity contribution < 1.29 is 23.4 Å². The summed E-state index contributed by atoms with van der Waals surface area (Å²) in [5.41, 5.74) is 5.89. The molecule has 0 saturated carbocycles. The molecule has 0 aliphatic carbocycles. The summed E-state index contributed by atoms with van der Waals surface area (Å²) in [6, 6.07) is 13.4. The molecule has 3 aromatic rings. The Balaban J connectivity index is 1.42. The molecule has 0 spiro atoms. The molecule has 220 valence electrons. The minimum atomic E-state index is -3.08. The van der Waals surface area contributed by atoms with Gasteiger partial charge >= 0.3 is 0 Å². The zero-order chi connectivity index (χ0) is 30.4. The fraction of sp³-hybridized carbons (Fsp3) is 0.250. The number of hydrogen-bond donors (Lipinski definition) is 3. The zero-order valence-electron chi connectivity index (χ0n) is 22.5. The van der Waals surface area contributed by atoms with Crippen molar-refractivity contribution in [3.8, 4) is 0 Å². The number of carbonyl (C=O) groups is 4. The molecule has 4 amide bonds. The number of benzene rings is 2. The van der Waals surface area contributed by atoms with Crippen molar-refractivity contribution in [3.63, 3.8) is 0 Å². The third-order valence-corrected chi connectivity index (χ3v) is 8.78. The van der Waals surface area contributed by atoms with Crippen molar-refractivity contribution in [3.05, 3.63) is 82.0 Å². The maximum atomic E-state index is 13.2. The summed E-state index contributed by atoms with van der Waals surface area (Å²) in [5, 5.41) is 6.02. The van der Waals surface area contributed by atoms with Crippen molar-refractivity contribution >= 4 is 68.1 Å². The molecule has 2 heterocycles. The van der Waals surface area contributed by atoms with Crippen molar-refractivity contribution in [1.82, 2.24) is 9.88 Å². The van der Waals surface area contributed by atoms with Crippen LogP contribution < -0.4 is 16.4 Å². The highest BCUT2D eigenvalue weighted by molar-refractivity contribution is 7.93. The second-order valence-electron chi connectivity index (χ2n) is 9.72. The lowest BCUT2D eigenvalue weighted by molar-refractivity contribution is -0.123. The molecule has 42 heavy (non-hydrogen) atoms. The van der Waals surface area contributed by atoms with E-state index in [0.29, 0.717) is 31.0 Å². The monoisotopic (exact) mass is 630 g/mol. The van der Waals surface area contributed by atoms with Gasteiger partial charge in [0.25, 0.3) is 17.7 Å². The second-order valence-corrected chi connectivity index (χ2v) is 12.9. The molecular formula is C28H28Cl2N6O5S. The number of rotatable bonds is 8. The van der Waals surface area contributed by atoms with E-state index in [1.54, 1.807) is 6.07 Å². The third-order valence-electron chi connectivity index (χ3n) is 6.62. The number of likely N-dealkylation sites (tertiary alicyclic amines) is 1. The van der Waals surface area contributed by atoms with E-state index in [4.69, 9.17) is 28.9 Å². The lowest BCUT2D eigenvalue weighted by Crippen LogP contribution is -2.40. The molecule has 1 atom stereocenters. The summed E-state index contributed by atoms with van der Waals surface area (Å²) in [4.78, 5) is 56.0. The largest absolute Gasteiger partial charge is 0.369 e. The Morgan fingerprint density at radius 2 is 1.64 bits per heavy atom. The van der Waals surface area contributed by atoms with Crippen LogP contribution in [-0.4, -0.2) is 63.6 Å². The first-order valence-corrected chi connectivity index (χ1v) is 15.5. The van der Waals surface area contributed by atoms with Crippen molar-refractivity contribution in [2.75, 3.05) is 36.5 Å². The van der Waals surface area contributed by atoms with Gasteiger partial charge in [-0.2, -0.15) is 4.36 Å². The number of carbonyl (C=O) groups excluding carboxylic acids is 4. The number of nitrogens with two attached hydrogens (primary N) is 1. The molecule has 1 unspecified atom stereocenters. The van der Waals surface area contributed by atoms with Crippen LogP contribution in [0.25, 0.3) is 0 Å². The first-order valence-electron chi connectivity index (χ1n) is 12.8. The van der Waals surface area contributed by atoms with E-state index in [1.807, 2.05) is 4.90 Å². The van der Waals surface area contributed by atoms with E-state index >= 15 is 0 Å². The Hall–Kier alpha value is -3.84. The molecule has 0 radical (unpaired) electrons. The number of amides is 4. The number of halogens is 2. The van der Waals surface area contributed by atoms with Gasteiger partial charge in [0, 0.05) is 33.9 Å². The molecule has 1 aromatic heterocycles. The summed E-state index contributed by atoms with van der Waals surface area (Å²) in [6.45, 7) is 1.04. The first kappa shape index (κ1) is 31.1. The number of nitrogens with zero attached hydrogens (tertiary/aromatic N) is 3. The van der Waals surface area contributed by atoms with E-state index in [0.717, 1.165) is 0 Å². The van der Waals surface area contributed by atoms with E-state index in [9.17, 15) is 23.4 Å². The molecule has 4 N–H and O–H groups in total. The molecule has 4 rings (SSSR count). The molecule has 1 aliphatic rings. The van der Waals surface area contributed by atoms with Crippen molar-refractivity contribution in [1.29, 1.82) is 0 Å². The Labute approximate surface area is 253 Å². The highest BCUT2D eigenvalue weighted by Gasteiger charge is 2.24. The fourth-order valence-corrected chi connectivity index (χ4v) is 5.82. The number of anilines is 2. The summed E-state index contributed by atoms with van der Waals surface area (Å²) < 4.78 is 17.2. The molecular weight excluding hydrogens is 603 g/mol. The molecule has 11 nitrogen and oxygen atoms in total. The van der Waals surface area contributed by atoms with Gasteiger partial charge in [0.2, 0.25) is 5.91 Å². The molecule has 1 fully saturated rings. The lowest BCUT2D eigenvalue weighted by Gasteiger charge is -2.29. The van der Waals surface area contributed by atoms with Gasteiger partial charge in [0.15, 0.2) is 0 Å². The van der Waals surface area contributed by atoms with Gasteiger partial charge in [-0.25, -0.2) is 9.19 Å². The van der Waals surface area contributed by atoms with Crippen LogP contribution in [0, 0.1) is 5.92 Å². The number of pyridine rings is 1. The maximum Gasteiger partial charge on any atom is 0.268 e. The van der Waals surface area contributed by atoms with Gasteiger partial charge in [-0.1, -0.05) is 23.2 Å². The van der Waals surface area contributed by atoms with Gasteiger partial charge in [0.1, 0.15) is 5.82 Å². The van der Waals surface area contributed by atoms with Crippen LogP contribution in [0.15, 0.2) is 70.1 Å². The zero-order valence-corrected chi connectivity index (χ0v) is 24.8. The minimum absolute atomic E-state index is 0.0120. The van der Waals surface area contributed by atoms with Gasteiger partial charge in [-0.15, -0.1) is 0 Å². The molecule has 1 saturated heterocycles. The van der Waals surface area contributed by atoms with Crippen LogP contribution in [0.2, 0.25) is 10.0 Å². The first-order chi connectivity index (χ1) is 19.9. The summed E-state index contributed by atoms with van der Waals surface area (Å²) in [7, 11) is -3.08. The number of primary amides is 1. The van der Waals surface area contributed by atoms with Crippen molar-refractivity contribution in [2.45, 2.75) is 17.7 Å². The number of aromatic nitrogens is 1. The second kappa shape index (κ2) is 13.4. The van der Waals surface area contributed by atoms with Crippen LogP contribution in [0.3, 0.4) is 0 Å². The molecule has 2 aromatic carbocycles. The summed E-state index contributed by atoms with van der Waals surface area (Å²) in [5.74, 6) is -1.90. The predicted molar refractivity (Wildman–Crippen MR) is 161 cm³/mol. The standard InChI is InChI=1S/C28H28Cl2N6O5S/c1-42(41,35-25(37)16-36-12-10-17(11-13-36)26(31)38)21-6-2-18(3-7-21)27(39)33-23-8-4-19(29)14-22(23)28(40)34-24-9-5-20(30)15-32-24/h2-9,14-15,17H,10-13,16H2,1H3,(H2,31,38)(H,33,39)(H,32,34,40). The third kappa shape index (κ3) is 8.13. The van der Waals surface area contributed by atoms with E-state index in [2.05, 4.69) is 20.0 Å². The topological polar surface area (TPSA) is 164 Å². The van der Waals surface area contributed by atoms with Gasteiger partial charge in [-0.05, 0) is 80.5 Å². The average Bonchev–Trinajstić information content (AvgIpc) is 2.95. The molecule has 14 heteroatoms. The Bertz CT molecular complexity index is 1630. The number of hydrogen-bond acceptors (Lipinski definition) is 7. The van der Waals surface area contributed by atoms with E-state index < -0.39 is 27.5 Å². The average molecular weight is 632 g/mol. The van der Waals surface area contributed by atoms with Gasteiger partial charge < -0.3 is 16.4 Å². The van der Waals surface area contributed by atoms with Crippen LogP contribution in [0.1, 0.15) is 33.6 Å². The highest BCUT2D eigenvalue weighted by Crippen LogP contribution is 2.24. The summed E-state index contributed by atoms with van der Waals surface area (Å²) in [6.07, 6.45) is 3.87. The quantitative estimate of drug-likeness (QED) is 0.337. The lowest BCUT2D eigenvalue weighted by atomic mass is 9.96. The van der Waals surface area contributed by atoms with Crippen molar-refractivity contribution in [2.24, 2.45) is 16.0 Å². The predicted octanol–water partition coefficient (Wildman–Crippen LogP) is 4.07. The maximum absolute atomic E-state index is 13.2. The fourth-order valence-electron chi connectivity index (χ4n) is 4.34. The van der Waals surface area contributed by atoms with Crippen LogP contribution in [0.4, 0.5) is 11.5 Å². The van der Waals surface area contributed by atoms with Gasteiger partial charge in [-0.3, -0.25) is 24.1 Å². The molecule has 1 aliphatic heterocycles. The van der Waals surface area contributed by atoms with E-state index in [-0.39, 0.29) is 50.9 Å². The van der Waals surface area contributed by atoms with E-state index in [1.165, 1.54) is 61.0 Å². The highest BCUT2D eigenvalue weighted by atomic mass is 35.5. The SMILES string of the molecule is CS(=O)(=NC(=O)CN1CCC(C(N)=O)CC1)c1ccc(C(=O)Nc2ccc(Cl)cc2C(=O)Nc2ccc(Cl)cn2)cc1. The Morgan fingerprint density at radius 1 is 0.976 bits per heavy atom. The van der Waals surface area contributed by atoms with Gasteiger partial charge in [0.05, 0.1) is 32.5 Å². The van der Waals surface area contributed by atoms with Crippen LogP contribution in [0.5, 0.6) is 0 Å². The van der Waals surface area contributed by atoms with Crippen LogP contribution in [-0.2, 0) is 19.3 Å². The van der Waals surface area contributed by atoms with Crippen LogP contribution >= 0.6 is 23.2 Å². The normalized spacial score (nSPS) is 15.3. The number of nitrogens with one attached hydrogen (secondary N) is 2. The Morgan fingerprint density at radius 3 is 2.26 bits per heavy atom. The molecule has 0 bridgehead atoms. The Kier molecular flexibility index (Phi) is 9.94. The smallest absolute Gasteiger partial charge is 0.268 e. The number of piperidine rings is 1.